The third-order valence-corrected chi connectivity index (χ3v) is 3.01. The normalized spacial score (nSPS) is 10.5. The van der Waals surface area contributed by atoms with Crippen molar-refractivity contribution in [2.24, 2.45) is 0 Å². The lowest BCUT2D eigenvalue weighted by Crippen LogP contribution is -2.00. The molecule has 0 aliphatic heterocycles. The lowest BCUT2D eigenvalue weighted by atomic mass is 10.2. The van der Waals surface area contributed by atoms with Gasteiger partial charge in [-0.1, -0.05) is 6.92 Å². The van der Waals surface area contributed by atoms with Crippen LogP contribution in [-0.4, -0.2) is 30.0 Å². The van der Waals surface area contributed by atoms with E-state index in [0.717, 1.165) is 6.42 Å². The smallest absolute Gasteiger partial charge is 0.335 e. The standard InChI is InChI=1S/C12H15FO3S/c1-2-5-16-6-7-17-11-8-9(12(14)15)3-4-10(11)13/h3-4,8H,2,5-7H2,1H3,(H,14,15). The fraction of sp³-hybridized carbons (Fsp3) is 0.417. The second-order valence-electron chi connectivity index (χ2n) is 3.41. The van der Waals surface area contributed by atoms with Crippen LogP contribution in [-0.2, 0) is 4.74 Å². The summed E-state index contributed by atoms with van der Waals surface area (Å²) >= 11 is 1.27. The van der Waals surface area contributed by atoms with Crippen LogP contribution in [0.3, 0.4) is 0 Å². The third-order valence-electron chi connectivity index (χ3n) is 2.01. The van der Waals surface area contributed by atoms with Crippen LogP contribution < -0.4 is 0 Å². The van der Waals surface area contributed by atoms with Gasteiger partial charge >= 0.3 is 5.97 Å². The van der Waals surface area contributed by atoms with E-state index >= 15 is 0 Å². The number of thioether (sulfide) groups is 1. The Kier molecular flexibility index (Phi) is 6.00. The van der Waals surface area contributed by atoms with Crippen LogP contribution in [0.5, 0.6) is 0 Å². The first-order valence-electron chi connectivity index (χ1n) is 5.38. The molecule has 0 amide bonds. The first-order chi connectivity index (χ1) is 8.15. The Balaban J connectivity index is 2.51. The summed E-state index contributed by atoms with van der Waals surface area (Å²) in [6.07, 6.45) is 0.952. The SMILES string of the molecule is CCCOCCSc1cc(C(=O)O)ccc1F. The minimum atomic E-state index is -1.05. The molecule has 0 bridgehead atoms. The minimum Gasteiger partial charge on any atom is -0.478 e. The summed E-state index contributed by atoms with van der Waals surface area (Å²) in [6.45, 7) is 3.25. The molecular weight excluding hydrogens is 243 g/mol. The zero-order chi connectivity index (χ0) is 12.7. The number of ether oxygens (including phenoxy) is 1. The molecule has 3 nitrogen and oxygen atoms in total. The Morgan fingerprint density at radius 3 is 2.88 bits per heavy atom. The number of carbonyl (C=O) groups is 1. The van der Waals surface area contributed by atoms with Crippen LogP contribution in [0.1, 0.15) is 23.7 Å². The topological polar surface area (TPSA) is 46.5 Å². The third kappa shape index (κ3) is 4.75. The molecule has 0 fully saturated rings. The highest BCUT2D eigenvalue weighted by molar-refractivity contribution is 7.99. The van der Waals surface area contributed by atoms with Crippen LogP contribution >= 0.6 is 11.8 Å². The van der Waals surface area contributed by atoms with E-state index in [1.807, 2.05) is 6.92 Å². The molecule has 1 aromatic rings. The highest BCUT2D eigenvalue weighted by Crippen LogP contribution is 2.22. The number of carboxylic acid groups (broad SMARTS) is 1. The zero-order valence-corrected chi connectivity index (χ0v) is 10.4. The maximum atomic E-state index is 13.4. The summed E-state index contributed by atoms with van der Waals surface area (Å²) in [5.74, 6) is -0.829. The Hall–Kier alpha value is -1.07. The predicted molar refractivity (Wildman–Crippen MR) is 65.2 cm³/mol. The van der Waals surface area contributed by atoms with Gasteiger partial charge in [-0.25, -0.2) is 9.18 Å². The van der Waals surface area contributed by atoms with E-state index < -0.39 is 11.8 Å². The molecule has 1 N–H and O–H groups in total. The number of halogens is 1. The van der Waals surface area contributed by atoms with Crippen molar-refractivity contribution in [3.8, 4) is 0 Å². The Bertz CT molecular complexity index is 382. The van der Waals surface area contributed by atoms with Crippen molar-refractivity contribution >= 4 is 17.7 Å². The molecule has 0 saturated heterocycles. The first kappa shape index (κ1) is 14.0. The van der Waals surface area contributed by atoms with Crippen molar-refractivity contribution in [1.82, 2.24) is 0 Å². The molecule has 0 heterocycles. The van der Waals surface area contributed by atoms with Crippen LogP contribution in [0.4, 0.5) is 4.39 Å². The van der Waals surface area contributed by atoms with Gasteiger partial charge in [0.2, 0.25) is 0 Å². The van der Waals surface area contributed by atoms with E-state index in [1.165, 1.54) is 30.0 Å². The molecule has 0 spiro atoms. The molecule has 0 atom stereocenters. The molecule has 0 aliphatic rings. The monoisotopic (exact) mass is 258 g/mol. The van der Waals surface area contributed by atoms with Crippen molar-refractivity contribution in [2.75, 3.05) is 19.0 Å². The van der Waals surface area contributed by atoms with Gasteiger partial charge in [-0.05, 0) is 24.6 Å². The fourth-order valence-electron chi connectivity index (χ4n) is 1.20. The number of carboxylic acids is 1. The molecule has 0 aliphatic carbocycles. The van der Waals surface area contributed by atoms with Gasteiger partial charge in [0.1, 0.15) is 5.82 Å². The minimum absolute atomic E-state index is 0.100. The molecule has 0 unspecified atom stereocenters. The van der Waals surface area contributed by atoms with Gasteiger partial charge in [0, 0.05) is 17.3 Å². The highest BCUT2D eigenvalue weighted by Gasteiger charge is 2.08. The molecular formula is C12H15FO3S. The van der Waals surface area contributed by atoms with Crippen LogP contribution in [0.15, 0.2) is 23.1 Å². The summed E-state index contributed by atoms with van der Waals surface area (Å²) in [5.41, 5.74) is 0.100. The lowest BCUT2D eigenvalue weighted by molar-refractivity contribution is 0.0696. The summed E-state index contributed by atoms with van der Waals surface area (Å²) in [6, 6.07) is 3.79. The van der Waals surface area contributed by atoms with E-state index in [4.69, 9.17) is 9.84 Å². The molecule has 0 saturated carbocycles. The maximum Gasteiger partial charge on any atom is 0.335 e. The van der Waals surface area contributed by atoms with Crippen molar-refractivity contribution in [3.05, 3.63) is 29.6 Å². The number of benzene rings is 1. The molecule has 5 heteroatoms. The van der Waals surface area contributed by atoms with Crippen LogP contribution in [0, 0.1) is 5.82 Å². The largest absolute Gasteiger partial charge is 0.478 e. The molecule has 1 aromatic carbocycles. The number of rotatable bonds is 7. The van der Waals surface area contributed by atoms with Crippen molar-refractivity contribution in [3.63, 3.8) is 0 Å². The van der Waals surface area contributed by atoms with Gasteiger partial charge in [-0.3, -0.25) is 0 Å². The number of hydrogen-bond donors (Lipinski definition) is 1. The lowest BCUT2D eigenvalue weighted by Gasteiger charge is -2.05. The second-order valence-corrected chi connectivity index (χ2v) is 4.55. The average molecular weight is 258 g/mol. The van der Waals surface area contributed by atoms with E-state index in [1.54, 1.807) is 0 Å². The number of aromatic carboxylic acids is 1. The second kappa shape index (κ2) is 7.29. The summed E-state index contributed by atoms with van der Waals surface area (Å²) in [5, 5.41) is 8.79. The summed E-state index contributed by atoms with van der Waals surface area (Å²) in [7, 11) is 0. The number of hydrogen-bond acceptors (Lipinski definition) is 3. The molecule has 0 aromatic heterocycles. The van der Waals surface area contributed by atoms with Crippen molar-refractivity contribution in [1.29, 1.82) is 0 Å². The zero-order valence-electron chi connectivity index (χ0n) is 9.61. The molecule has 0 radical (unpaired) electrons. The fourth-order valence-corrected chi connectivity index (χ4v) is 2.04. The maximum absolute atomic E-state index is 13.4. The molecule has 94 valence electrons. The van der Waals surface area contributed by atoms with E-state index in [9.17, 15) is 9.18 Å². The molecule has 1 rings (SSSR count). The summed E-state index contributed by atoms with van der Waals surface area (Å²) < 4.78 is 18.6. The van der Waals surface area contributed by atoms with Crippen LogP contribution in [0.25, 0.3) is 0 Å². The van der Waals surface area contributed by atoms with Gasteiger partial charge in [0.15, 0.2) is 0 Å². The Labute approximate surface area is 104 Å². The van der Waals surface area contributed by atoms with Gasteiger partial charge in [0.05, 0.1) is 12.2 Å². The summed E-state index contributed by atoms with van der Waals surface area (Å²) in [4.78, 5) is 11.1. The van der Waals surface area contributed by atoms with Crippen molar-refractivity contribution < 1.29 is 19.0 Å². The Morgan fingerprint density at radius 2 is 2.24 bits per heavy atom. The molecule has 17 heavy (non-hydrogen) atoms. The van der Waals surface area contributed by atoms with Gasteiger partial charge < -0.3 is 9.84 Å². The highest BCUT2D eigenvalue weighted by atomic mass is 32.2. The predicted octanol–water partition coefficient (Wildman–Crippen LogP) is 3.04. The average Bonchev–Trinajstić information content (AvgIpc) is 2.30. The first-order valence-corrected chi connectivity index (χ1v) is 6.37. The van der Waals surface area contributed by atoms with E-state index in [0.29, 0.717) is 23.9 Å². The van der Waals surface area contributed by atoms with Crippen LogP contribution in [0.2, 0.25) is 0 Å². The van der Waals surface area contributed by atoms with Gasteiger partial charge in [0.25, 0.3) is 0 Å². The van der Waals surface area contributed by atoms with E-state index in [-0.39, 0.29) is 5.56 Å². The quantitative estimate of drug-likeness (QED) is 0.603. The van der Waals surface area contributed by atoms with E-state index in [2.05, 4.69) is 0 Å². The van der Waals surface area contributed by atoms with Gasteiger partial charge in [-0.2, -0.15) is 0 Å². The Morgan fingerprint density at radius 1 is 1.47 bits per heavy atom. The van der Waals surface area contributed by atoms with Gasteiger partial charge in [-0.15, -0.1) is 11.8 Å². The van der Waals surface area contributed by atoms with Crippen molar-refractivity contribution in [2.45, 2.75) is 18.2 Å².